The van der Waals surface area contributed by atoms with Gasteiger partial charge in [0, 0.05) is 6.42 Å². The lowest BCUT2D eigenvalue weighted by Crippen LogP contribution is -2.54. The Kier molecular flexibility index (Phi) is 3.88. The second kappa shape index (κ2) is 5.47. The molecule has 1 N–H and O–H groups in total. The highest BCUT2D eigenvalue weighted by Gasteiger charge is 2.45. The molecule has 0 spiro atoms. The van der Waals surface area contributed by atoms with Crippen molar-refractivity contribution in [2.45, 2.75) is 32.7 Å². The third-order valence-electron chi connectivity index (χ3n) is 3.70. The Morgan fingerprint density at radius 1 is 1.29 bits per heavy atom. The van der Waals surface area contributed by atoms with E-state index in [1.54, 1.807) is 19.9 Å². The summed E-state index contributed by atoms with van der Waals surface area (Å²) < 4.78 is 0. The van der Waals surface area contributed by atoms with Crippen molar-refractivity contribution in [2.75, 3.05) is 0 Å². The van der Waals surface area contributed by atoms with E-state index in [1.807, 2.05) is 0 Å². The molecule has 2 aliphatic rings. The van der Waals surface area contributed by atoms with E-state index in [0.717, 1.165) is 4.90 Å². The quantitative estimate of drug-likeness (QED) is 0.771. The van der Waals surface area contributed by atoms with Crippen LogP contribution in [0, 0.1) is 0 Å². The average molecular weight is 288 g/mol. The number of amides is 4. The summed E-state index contributed by atoms with van der Waals surface area (Å²) in [7, 11) is 0. The molecule has 0 saturated carbocycles. The fourth-order valence-electron chi connectivity index (χ4n) is 2.49. The fourth-order valence-corrected chi connectivity index (χ4v) is 2.49. The normalized spacial score (nSPS) is 23.8. The molecule has 0 aliphatic carbocycles. The number of rotatable bonds is 3. The van der Waals surface area contributed by atoms with E-state index in [-0.39, 0.29) is 24.0 Å². The highest BCUT2D eigenvalue weighted by atomic mass is 16.2. The minimum Gasteiger partial charge on any atom is -0.295 e. The molecule has 2 rings (SSSR count). The smallest absolute Gasteiger partial charge is 0.262 e. The summed E-state index contributed by atoms with van der Waals surface area (Å²) in [6.07, 6.45) is 3.30. The number of hydrogen-bond donors (Lipinski definition) is 1. The van der Waals surface area contributed by atoms with Crippen molar-refractivity contribution in [2.24, 2.45) is 0 Å². The van der Waals surface area contributed by atoms with Crippen LogP contribution in [-0.4, -0.2) is 34.6 Å². The Hall–Kier alpha value is -2.50. The van der Waals surface area contributed by atoms with Gasteiger partial charge in [-0.1, -0.05) is 18.7 Å². The molecule has 110 valence electrons. The maximum Gasteiger partial charge on any atom is 0.262 e. The molecular formula is C15H16N2O4. The first-order valence-electron chi connectivity index (χ1n) is 6.64. The van der Waals surface area contributed by atoms with Gasteiger partial charge in [0.2, 0.25) is 11.8 Å². The second-order valence-corrected chi connectivity index (χ2v) is 4.91. The van der Waals surface area contributed by atoms with E-state index in [2.05, 4.69) is 11.9 Å². The number of hydrogen-bond acceptors (Lipinski definition) is 4. The lowest BCUT2D eigenvalue weighted by molar-refractivity contribution is -0.149. The lowest BCUT2D eigenvalue weighted by Gasteiger charge is -2.28. The van der Waals surface area contributed by atoms with E-state index >= 15 is 0 Å². The number of carbonyl (C=O) groups excluding carboxylic acids is 4. The highest BCUT2D eigenvalue weighted by molar-refractivity contribution is 6.24. The zero-order valence-corrected chi connectivity index (χ0v) is 11.9. The van der Waals surface area contributed by atoms with Gasteiger partial charge in [0.05, 0.1) is 11.1 Å². The summed E-state index contributed by atoms with van der Waals surface area (Å²) >= 11 is 0. The van der Waals surface area contributed by atoms with Crippen LogP contribution in [0.2, 0.25) is 0 Å². The molecule has 0 radical (unpaired) electrons. The van der Waals surface area contributed by atoms with Gasteiger partial charge in [-0.2, -0.15) is 0 Å². The SMILES string of the molecule is C=CC1=C(/C(C)=C\C)C(=O)N(C2CCC(=O)NC2=O)C1=O. The van der Waals surface area contributed by atoms with E-state index in [1.165, 1.54) is 6.08 Å². The molecule has 0 aromatic rings. The number of carbonyl (C=O) groups is 4. The number of nitrogens with zero attached hydrogens (tertiary/aromatic N) is 1. The predicted molar refractivity (Wildman–Crippen MR) is 74.7 cm³/mol. The minimum atomic E-state index is -0.945. The van der Waals surface area contributed by atoms with Crippen LogP contribution in [0.1, 0.15) is 26.7 Å². The Morgan fingerprint density at radius 3 is 2.48 bits per heavy atom. The van der Waals surface area contributed by atoms with Crippen LogP contribution in [0.5, 0.6) is 0 Å². The molecule has 0 bridgehead atoms. The largest absolute Gasteiger partial charge is 0.295 e. The van der Waals surface area contributed by atoms with Gasteiger partial charge in [0.25, 0.3) is 11.8 Å². The molecule has 0 aromatic carbocycles. The van der Waals surface area contributed by atoms with Crippen molar-refractivity contribution < 1.29 is 19.2 Å². The van der Waals surface area contributed by atoms with Crippen LogP contribution in [-0.2, 0) is 19.2 Å². The van der Waals surface area contributed by atoms with Crippen molar-refractivity contribution >= 4 is 23.6 Å². The molecular weight excluding hydrogens is 272 g/mol. The zero-order valence-electron chi connectivity index (χ0n) is 11.9. The molecule has 6 heteroatoms. The molecule has 2 aliphatic heterocycles. The van der Waals surface area contributed by atoms with Crippen LogP contribution >= 0.6 is 0 Å². The summed E-state index contributed by atoms with van der Waals surface area (Å²) in [4.78, 5) is 48.9. The summed E-state index contributed by atoms with van der Waals surface area (Å²) in [6, 6.07) is -0.945. The van der Waals surface area contributed by atoms with Gasteiger partial charge >= 0.3 is 0 Å². The Balaban J connectivity index is 2.40. The van der Waals surface area contributed by atoms with Gasteiger partial charge < -0.3 is 0 Å². The molecule has 1 saturated heterocycles. The molecule has 0 aromatic heterocycles. The molecule has 2 heterocycles. The Morgan fingerprint density at radius 2 is 1.95 bits per heavy atom. The first kappa shape index (κ1) is 14.9. The Bertz CT molecular complexity index is 628. The fraction of sp³-hybridized carbons (Fsp3) is 0.333. The van der Waals surface area contributed by atoms with Crippen molar-refractivity contribution in [1.29, 1.82) is 0 Å². The number of nitrogens with one attached hydrogen (secondary N) is 1. The summed E-state index contributed by atoms with van der Waals surface area (Å²) in [5.74, 6) is -2.06. The number of allylic oxidation sites excluding steroid dienone is 1. The van der Waals surface area contributed by atoms with Gasteiger partial charge in [-0.3, -0.25) is 29.4 Å². The van der Waals surface area contributed by atoms with Crippen LogP contribution in [0.15, 0.2) is 35.5 Å². The van der Waals surface area contributed by atoms with Crippen molar-refractivity contribution in [3.05, 3.63) is 35.5 Å². The summed E-state index contributed by atoms with van der Waals surface area (Å²) in [5, 5.41) is 2.16. The van der Waals surface area contributed by atoms with Crippen LogP contribution < -0.4 is 5.32 Å². The topological polar surface area (TPSA) is 83.6 Å². The van der Waals surface area contributed by atoms with E-state index in [0.29, 0.717) is 5.57 Å². The number of piperidine rings is 1. The van der Waals surface area contributed by atoms with E-state index < -0.39 is 29.7 Å². The highest BCUT2D eigenvalue weighted by Crippen LogP contribution is 2.30. The average Bonchev–Trinajstić information content (AvgIpc) is 2.69. The predicted octanol–water partition coefficient (Wildman–Crippen LogP) is 0.609. The van der Waals surface area contributed by atoms with Gasteiger partial charge in [0.1, 0.15) is 6.04 Å². The third kappa shape index (κ3) is 2.33. The first-order valence-corrected chi connectivity index (χ1v) is 6.64. The molecule has 6 nitrogen and oxygen atoms in total. The lowest BCUT2D eigenvalue weighted by atomic mass is 10.0. The maximum atomic E-state index is 12.5. The van der Waals surface area contributed by atoms with Crippen molar-refractivity contribution in [3.8, 4) is 0 Å². The van der Waals surface area contributed by atoms with Gasteiger partial charge in [-0.05, 0) is 25.8 Å². The van der Waals surface area contributed by atoms with Crippen molar-refractivity contribution in [3.63, 3.8) is 0 Å². The molecule has 1 unspecified atom stereocenters. The van der Waals surface area contributed by atoms with E-state index in [9.17, 15) is 19.2 Å². The minimum absolute atomic E-state index is 0.106. The van der Waals surface area contributed by atoms with Crippen LogP contribution in [0.25, 0.3) is 0 Å². The standard InChI is InChI=1S/C15H16N2O4/c1-4-8(3)12-9(5-2)14(20)17(15(12)21)10-6-7-11(18)16-13(10)19/h4-5,10H,2,6-7H2,1,3H3,(H,16,18,19)/b8-4-. The van der Waals surface area contributed by atoms with Crippen LogP contribution in [0.3, 0.4) is 0 Å². The van der Waals surface area contributed by atoms with Crippen molar-refractivity contribution in [1.82, 2.24) is 10.2 Å². The third-order valence-corrected chi connectivity index (χ3v) is 3.70. The number of imide groups is 2. The van der Waals surface area contributed by atoms with E-state index in [4.69, 9.17) is 0 Å². The zero-order chi connectivity index (χ0) is 15.7. The van der Waals surface area contributed by atoms with Gasteiger partial charge in [-0.15, -0.1) is 0 Å². The summed E-state index contributed by atoms with van der Waals surface area (Å²) in [6.45, 7) is 7.05. The second-order valence-electron chi connectivity index (χ2n) is 4.91. The van der Waals surface area contributed by atoms with Gasteiger partial charge in [0.15, 0.2) is 0 Å². The first-order chi connectivity index (χ1) is 9.92. The Labute approximate surface area is 122 Å². The maximum absolute atomic E-state index is 12.5. The summed E-state index contributed by atoms with van der Waals surface area (Å²) in [5.41, 5.74) is 1.11. The van der Waals surface area contributed by atoms with Gasteiger partial charge in [-0.25, -0.2) is 0 Å². The molecule has 21 heavy (non-hydrogen) atoms. The van der Waals surface area contributed by atoms with Crippen LogP contribution in [0.4, 0.5) is 0 Å². The molecule has 4 amide bonds. The molecule has 1 fully saturated rings. The molecule has 1 atom stereocenters. The monoisotopic (exact) mass is 288 g/mol.